The largest absolute Gasteiger partial charge is 0.466 e. The number of methoxy groups -OCH3 is 1. The molecule has 0 fully saturated rings. The highest BCUT2D eigenvalue weighted by Crippen LogP contribution is 2.45. The van der Waals surface area contributed by atoms with Crippen molar-refractivity contribution >= 4 is 12.1 Å². The van der Waals surface area contributed by atoms with Gasteiger partial charge in [0, 0.05) is 23.6 Å². The van der Waals surface area contributed by atoms with Gasteiger partial charge in [0.2, 0.25) is 5.60 Å². The van der Waals surface area contributed by atoms with Crippen molar-refractivity contribution in [2.75, 3.05) is 7.11 Å². The van der Waals surface area contributed by atoms with Gasteiger partial charge >= 0.3 is 12.1 Å². The van der Waals surface area contributed by atoms with Gasteiger partial charge in [-0.25, -0.2) is 9.59 Å². The molecule has 0 aliphatic carbocycles. The molecular weight excluding hydrogens is 402 g/mol. The molecule has 0 radical (unpaired) electrons. The van der Waals surface area contributed by atoms with Crippen LogP contribution in [0.15, 0.2) is 60.7 Å². The van der Waals surface area contributed by atoms with E-state index in [0.717, 1.165) is 18.4 Å². The van der Waals surface area contributed by atoms with Crippen molar-refractivity contribution < 1.29 is 19.1 Å². The first kappa shape index (κ1) is 25.4. The van der Waals surface area contributed by atoms with Crippen LogP contribution in [0.1, 0.15) is 70.9 Å². The quantitative estimate of drug-likeness (QED) is 0.409. The lowest BCUT2D eigenvalue weighted by molar-refractivity contribution is -0.169. The Bertz CT molecular complexity index is 842. The standard InChI is InChI=1S/C27H37NO4/c1-7-8-19-24(22-15-11-9-12-16-22)27(25(29)31-6,23-17-13-10-14-18-23)32-26(30)28(20(2)3)21(4)5/h9-18,20-21,24H,7-8,19H2,1-6H3/t24-,27+/m0/s1. The zero-order valence-corrected chi connectivity index (χ0v) is 20.2. The SMILES string of the molecule is CCCC[C@@H](c1ccccc1)[C@@](OC(=O)N(C(C)C)C(C)C)(C(=O)OC)c1ccccc1. The maximum absolute atomic E-state index is 13.6. The van der Waals surface area contributed by atoms with Gasteiger partial charge in [-0.2, -0.15) is 0 Å². The van der Waals surface area contributed by atoms with Gasteiger partial charge in [0.1, 0.15) is 0 Å². The van der Waals surface area contributed by atoms with Gasteiger partial charge in [-0.15, -0.1) is 0 Å². The first-order valence-electron chi connectivity index (χ1n) is 11.5. The van der Waals surface area contributed by atoms with E-state index in [0.29, 0.717) is 12.0 Å². The predicted octanol–water partition coefficient (Wildman–Crippen LogP) is 6.28. The van der Waals surface area contributed by atoms with Crippen molar-refractivity contribution in [3.63, 3.8) is 0 Å². The van der Waals surface area contributed by atoms with Gasteiger partial charge in [-0.3, -0.25) is 0 Å². The van der Waals surface area contributed by atoms with E-state index in [1.807, 2.05) is 88.4 Å². The molecule has 2 atom stereocenters. The monoisotopic (exact) mass is 439 g/mol. The number of rotatable bonds is 10. The van der Waals surface area contributed by atoms with Gasteiger partial charge in [0.25, 0.3) is 0 Å². The predicted molar refractivity (Wildman–Crippen MR) is 127 cm³/mol. The first-order valence-corrected chi connectivity index (χ1v) is 11.5. The van der Waals surface area contributed by atoms with Crippen LogP contribution in [-0.4, -0.2) is 36.2 Å². The molecule has 0 aliphatic rings. The zero-order valence-electron chi connectivity index (χ0n) is 20.2. The first-order chi connectivity index (χ1) is 15.3. The minimum atomic E-state index is -1.61. The maximum atomic E-state index is 13.6. The number of benzene rings is 2. The van der Waals surface area contributed by atoms with Crippen LogP contribution >= 0.6 is 0 Å². The Labute approximate surface area is 192 Å². The van der Waals surface area contributed by atoms with Crippen LogP contribution in [0.2, 0.25) is 0 Å². The van der Waals surface area contributed by atoms with Crippen molar-refractivity contribution in [1.29, 1.82) is 0 Å². The van der Waals surface area contributed by atoms with Crippen LogP contribution in [0, 0.1) is 0 Å². The Morgan fingerprint density at radius 2 is 1.44 bits per heavy atom. The van der Waals surface area contributed by atoms with E-state index in [4.69, 9.17) is 9.47 Å². The highest BCUT2D eigenvalue weighted by Gasteiger charge is 2.53. The zero-order chi connectivity index (χ0) is 23.7. The topological polar surface area (TPSA) is 55.8 Å². The minimum absolute atomic E-state index is 0.0839. The number of hydrogen-bond acceptors (Lipinski definition) is 4. The Kier molecular flexibility index (Phi) is 9.30. The molecule has 0 saturated carbocycles. The van der Waals surface area contributed by atoms with Crippen molar-refractivity contribution in [2.24, 2.45) is 0 Å². The number of hydrogen-bond donors (Lipinski definition) is 0. The highest BCUT2D eigenvalue weighted by atomic mass is 16.6. The average Bonchev–Trinajstić information content (AvgIpc) is 2.78. The fourth-order valence-electron chi connectivity index (χ4n) is 4.38. The Balaban J connectivity index is 2.75. The maximum Gasteiger partial charge on any atom is 0.411 e. The van der Waals surface area contributed by atoms with Crippen LogP contribution in [-0.2, 0) is 19.9 Å². The number of nitrogens with zero attached hydrogens (tertiary/aromatic N) is 1. The minimum Gasteiger partial charge on any atom is -0.466 e. The highest BCUT2D eigenvalue weighted by molar-refractivity contribution is 5.86. The second-order valence-corrected chi connectivity index (χ2v) is 8.66. The Morgan fingerprint density at radius 1 is 0.906 bits per heavy atom. The lowest BCUT2D eigenvalue weighted by Gasteiger charge is -2.41. The number of esters is 1. The normalized spacial score (nSPS) is 14.0. The number of ether oxygens (including phenoxy) is 2. The molecular formula is C27H37NO4. The van der Waals surface area contributed by atoms with Crippen LogP contribution < -0.4 is 0 Å². The van der Waals surface area contributed by atoms with Gasteiger partial charge in [0.05, 0.1) is 7.11 Å². The van der Waals surface area contributed by atoms with Crippen LogP contribution in [0.3, 0.4) is 0 Å². The van der Waals surface area contributed by atoms with Crippen molar-refractivity contribution in [3.8, 4) is 0 Å². The molecule has 5 heteroatoms. The molecule has 0 heterocycles. The number of carbonyl (C=O) groups is 2. The summed E-state index contributed by atoms with van der Waals surface area (Å²) in [6, 6.07) is 18.9. The molecule has 5 nitrogen and oxygen atoms in total. The summed E-state index contributed by atoms with van der Waals surface area (Å²) in [6.07, 6.45) is 1.97. The summed E-state index contributed by atoms with van der Waals surface area (Å²) >= 11 is 0. The smallest absolute Gasteiger partial charge is 0.411 e. The molecule has 174 valence electrons. The molecule has 0 aliphatic heterocycles. The van der Waals surface area contributed by atoms with Gasteiger partial charge in [-0.05, 0) is 39.7 Å². The number of unbranched alkanes of at least 4 members (excludes halogenated alkanes) is 1. The summed E-state index contributed by atoms with van der Waals surface area (Å²) in [5.74, 6) is -0.974. The number of amides is 1. The molecule has 32 heavy (non-hydrogen) atoms. The van der Waals surface area contributed by atoms with Crippen LogP contribution in [0.25, 0.3) is 0 Å². The Morgan fingerprint density at radius 3 is 1.91 bits per heavy atom. The average molecular weight is 440 g/mol. The van der Waals surface area contributed by atoms with Crippen LogP contribution in [0.4, 0.5) is 4.79 Å². The fraction of sp³-hybridized carbons (Fsp3) is 0.481. The van der Waals surface area contributed by atoms with E-state index in [2.05, 4.69) is 6.92 Å². The summed E-state index contributed by atoms with van der Waals surface area (Å²) in [7, 11) is 1.35. The van der Waals surface area contributed by atoms with Crippen molar-refractivity contribution in [2.45, 2.75) is 77.5 Å². The molecule has 0 saturated heterocycles. The molecule has 0 unspecified atom stereocenters. The van der Waals surface area contributed by atoms with Crippen molar-refractivity contribution in [3.05, 3.63) is 71.8 Å². The summed E-state index contributed by atoms with van der Waals surface area (Å²) in [5.41, 5.74) is -0.0627. The van der Waals surface area contributed by atoms with E-state index >= 15 is 0 Å². The lowest BCUT2D eigenvalue weighted by Crippen LogP contribution is -2.51. The van der Waals surface area contributed by atoms with E-state index < -0.39 is 23.6 Å². The third-order valence-electron chi connectivity index (χ3n) is 5.80. The molecule has 2 rings (SSSR count). The van der Waals surface area contributed by atoms with E-state index in [1.165, 1.54) is 7.11 Å². The summed E-state index contributed by atoms with van der Waals surface area (Å²) in [6.45, 7) is 9.87. The number of carbonyl (C=O) groups excluding carboxylic acids is 2. The van der Waals surface area contributed by atoms with Crippen LogP contribution in [0.5, 0.6) is 0 Å². The summed E-state index contributed by atoms with van der Waals surface area (Å²) < 4.78 is 11.6. The molecule has 2 aromatic carbocycles. The summed E-state index contributed by atoms with van der Waals surface area (Å²) in [4.78, 5) is 28.8. The second-order valence-electron chi connectivity index (χ2n) is 8.66. The van der Waals surface area contributed by atoms with E-state index in [-0.39, 0.29) is 12.1 Å². The molecule has 0 aromatic heterocycles. The van der Waals surface area contributed by atoms with Gasteiger partial charge < -0.3 is 14.4 Å². The molecule has 1 amide bonds. The lowest BCUT2D eigenvalue weighted by atomic mass is 9.74. The molecule has 2 aromatic rings. The fourth-order valence-corrected chi connectivity index (χ4v) is 4.38. The Hall–Kier alpha value is -2.82. The van der Waals surface area contributed by atoms with E-state index in [9.17, 15) is 9.59 Å². The second kappa shape index (κ2) is 11.7. The molecule has 0 N–H and O–H groups in total. The van der Waals surface area contributed by atoms with Gasteiger partial charge in [0.15, 0.2) is 0 Å². The van der Waals surface area contributed by atoms with E-state index in [1.54, 1.807) is 4.90 Å². The van der Waals surface area contributed by atoms with Crippen molar-refractivity contribution in [1.82, 2.24) is 4.90 Å². The van der Waals surface area contributed by atoms with Gasteiger partial charge in [-0.1, -0.05) is 80.4 Å². The summed E-state index contributed by atoms with van der Waals surface area (Å²) in [5, 5.41) is 0. The third-order valence-corrected chi connectivity index (χ3v) is 5.80. The molecule has 0 spiro atoms. The third kappa shape index (κ3) is 5.50. The molecule has 0 bridgehead atoms.